The highest BCUT2D eigenvalue weighted by atomic mass is 32.2. The molecule has 2 rings (SSSR count). The molecule has 20 heavy (non-hydrogen) atoms. The molecule has 0 bridgehead atoms. The van der Waals surface area contributed by atoms with Crippen molar-refractivity contribution in [3.8, 4) is 0 Å². The normalized spacial score (nSPS) is 11.3. The van der Waals surface area contributed by atoms with Gasteiger partial charge in [0.05, 0.1) is 12.2 Å². The molecule has 2 heterocycles. The predicted octanol–water partition coefficient (Wildman–Crippen LogP) is 2.36. The number of anilines is 1. The molecule has 0 aromatic carbocycles. The second-order valence-electron chi connectivity index (χ2n) is 3.97. The van der Waals surface area contributed by atoms with Gasteiger partial charge in [-0.05, 0) is 26.0 Å². The van der Waals surface area contributed by atoms with E-state index < -0.39 is 16.0 Å². The van der Waals surface area contributed by atoms with E-state index in [0.717, 1.165) is 4.88 Å². The van der Waals surface area contributed by atoms with Crippen LogP contribution in [0.1, 0.15) is 22.2 Å². The molecule has 2 aromatic rings. The highest BCUT2D eigenvalue weighted by molar-refractivity contribution is 7.93. The molecule has 0 aliphatic heterocycles. The monoisotopic (exact) mass is 314 g/mol. The smallest absolute Gasteiger partial charge is 0.341 e. The maximum Gasteiger partial charge on any atom is 0.341 e. The molecule has 2 N–H and O–H groups in total. The maximum absolute atomic E-state index is 12.1. The first-order valence-electron chi connectivity index (χ1n) is 5.87. The first kappa shape index (κ1) is 14.6. The molecule has 0 atom stereocenters. The minimum absolute atomic E-state index is 0.110. The topological polar surface area (TPSA) is 88.3 Å². The first-order chi connectivity index (χ1) is 9.44. The summed E-state index contributed by atoms with van der Waals surface area (Å²) in [5.41, 5.74) is 0.230. The Bertz CT molecular complexity index is 702. The summed E-state index contributed by atoms with van der Waals surface area (Å²) in [5.74, 6) is -0.538. The molecule has 0 saturated heterocycles. The zero-order valence-electron chi connectivity index (χ0n) is 11.0. The molecule has 8 heteroatoms. The molecule has 0 spiro atoms. The Morgan fingerprint density at radius 3 is 2.85 bits per heavy atom. The Hall–Kier alpha value is -1.80. The molecule has 0 aliphatic carbocycles. The maximum atomic E-state index is 12.1. The van der Waals surface area contributed by atoms with Crippen LogP contribution in [0.15, 0.2) is 29.4 Å². The third-order valence-electron chi connectivity index (χ3n) is 2.46. The summed E-state index contributed by atoms with van der Waals surface area (Å²) in [6.07, 6.45) is 2.88. The van der Waals surface area contributed by atoms with Crippen molar-refractivity contribution in [1.29, 1.82) is 0 Å². The van der Waals surface area contributed by atoms with E-state index in [2.05, 4.69) is 9.71 Å². The lowest BCUT2D eigenvalue weighted by molar-refractivity contribution is 0.0528. The largest absolute Gasteiger partial charge is 0.462 e. The number of H-pyrrole nitrogens is 1. The summed E-state index contributed by atoms with van der Waals surface area (Å²) in [5, 5.41) is 0.266. The number of ether oxygens (including phenoxy) is 1. The van der Waals surface area contributed by atoms with E-state index in [0.29, 0.717) is 0 Å². The Labute approximate surface area is 120 Å². The van der Waals surface area contributed by atoms with Crippen molar-refractivity contribution in [2.75, 3.05) is 11.3 Å². The zero-order valence-corrected chi connectivity index (χ0v) is 12.6. The van der Waals surface area contributed by atoms with Gasteiger partial charge >= 0.3 is 5.97 Å². The van der Waals surface area contributed by atoms with Gasteiger partial charge in [-0.2, -0.15) is 0 Å². The zero-order chi connectivity index (χ0) is 14.8. The van der Waals surface area contributed by atoms with Gasteiger partial charge in [-0.15, -0.1) is 11.3 Å². The van der Waals surface area contributed by atoms with Crippen molar-refractivity contribution in [1.82, 2.24) is 4.98 Å². The van der Waals surface area contributed by atoms with Crippen molar-refractivity contribution in [2.24, 2.45) is 0 Å². The summed E-state index contributed by atoms with van der Waals surface area (Å²) >= 11 is 1.19. The van der Waals surface area contributed by atoms with Gasteiger partial charge in [0.15, 0.2) is 0 Å². The van der Waals surface area contributed by atoms with E-state index >= 15 is 0 Å². The van der Waals surface area contributed by atoms with E-state index in [-0.39, 0.29) is 22.1 Å². The molecular formula is C12H14N2O4S2. The number of hydrogen-bond donors (Lipinski definition) is 2. The highest BCUT2D eigenvalue weighted by Crippen LogP contribution is 2.30. The Balaban J connectivity index is 2.32. The van der Waals surface area contributed by atoms with Gasteiger partial charge in [-0.3, -0.25) is 4.72 Å². The Kier molecular flexibility index (Phi) is 4.15. The molecule has 0 radical (unpaired) electrons. The number of aryl methyl sites for hydroxylation is 1. The average molecular weight is 314 g/mol. The van der Waals surface area contributed by atoms with Gasteiger partial charge in [0, 0.05) is 17.3 Å². The van der Waals surface area contributed by atoms with Crippen LogP contribution < -0.4 is 4.72 Å². The number of aromatic nitrogens is 1. The number of nitrogens with one attached hydrogen (secondary N) is 2. The molecule has 0 aliphatic rings. The van der Waals surface area contributed by atoms with Crippen LogP contribution in [0.2, 0.25) is 0 Å². The number of esters is 1. The van der Waals surface area contributed by atoms with Crippen molar-refractivity contribution in [3.05, 3.63) is 35.0 Å². The quantitative estimate of drug-likeness (QED) is 0.829. The lowest BCUT2D eigenvalue weighted by Gasteiger charge is -2.06. The number of aromatic amines is 1. The van der Waals surface area contributed by atoms with E-state index in [1.54, 1.807) is 19.9 Å². The fourth-order valence-electron chi connectivity index (χ4n) is 1.61. The van der Waals surface area contributed by atoms with Crippen LogP contribution in [0.3, 0.4) is 0 Å². The molecule has 108 valence electrons. The third kappa shape index (κ3) is 3.02. The van der Waals surface area contributed by atoms with Gasteiger partial charge in [-0.25, -0.2) is 13.2 Å². The standard InChI is InChI=1S/C12H14N2O4S2/c1-3-18-12(15)10-6-8(2)19-11(10)14-20(16,17)9-4-5-13-7-9/h4-7,13-14H,3H2,1-2H3. The van der Waals surface area contributed by atoms with Gasteiger partial charge in [-0.1, -0.05) is 0 Å². The predicted molar refractivity (Wildman–Crippen MR) is 76.6 cm³/mol. The van der Waals surface area contributed by atoms with Crippen LogP contribution in [0.4, 0.5) is 5.00 Å². The van der Waals surface area contributed by atoms with Crippen molar-refractivity contribution in [3.63, 3.8) is 0 Å². The molecule has 0 saturated carbocycles. The number of carbonyl (C=O) groups is 1. The molecule has 6 nitrogen and oxygen atoms in total. The number of hydrogen-bond acceptors (Lipinski definition) is 5. The summed E-state index contributed by atoms with van der Waals surface area (Å²) in [6.45, 7) is 3.72. The molecular weight excluding hydrogens is 300 g/mol. The van der Waals surface area contributed by atoms with Crippen LogP contribution in [-0.4, -0.2) is 26.0 Å². The summed E-state index contributed by atoms with van der Waals surface area (Å²) in [4.78, 5) is 15.4. The summed E-state index contributed by atoms with van der Waals surface area (Å²) in [6, 6.07) is 3.05. The number of thiophene rings is 1. The van der Waals surface area contributed by atoms with E-state index in [1.165, 1.54) is 29.8 Å². The van der Waals surface area contributed by atoms with E-state index in [9.17, 15) is 13.2 Å². The molecule has 0 fully saturated rings. The van der Waals surface area contributed by atoms with E-state index in [1.807, 2.05) is 0 Å². The fraction of sp³-hybridized carbons (Fsp3) is 0.250. The second kappa shape index (κ2) is 5.68. The summed E-state index contributed by atoms with van der Waals surface area (Å²) in [7, 11) is -3.71. The SMILES string of the molecule is CCOC(=O)c1cc(C)sc1NS(=O)(=O)c1cc[nH]c1. The minimum atomic E-state index is -3.71. The van der Waals surface area contributed by atoms with Crippen LogP contribution in [0.5, 0.6) is 0 Å². The van der Waals surface area contributed by atoms with Crippen LogP contribution >= 0.6 is 11.3 Å². The van der Waals surface area contributed by atoms with Crippen molar-refractivity contribution < 1.29 is 17.9 Å². The lowest BCUT2D eigenvalue weighted by Crippen LogP contribution is -2.14. The minimum Gasteiger partial charge on any atom is -0.462 e. The van der Waals surface area contributed by atoms with Crippen molar-refractivity contribution in [2.45, 2.75) is 18.7 Å². The highest BCUT2D eigenvalue weighted by Gasteiger charge is 2.22. The third-order valence-corrected chi connectivity index (χ3v) is 4.90. The Morgan fingerprint density at radius 2 is 2.25 bits per heavy atom. The Morgan fingerprint density at radius 1 is 1.50 bits per heavy atom. The number of rotatable bonds is 5. The van der Waals surface area contributed by atoms with Gasteiger partial charge in [0.2, 0.25) is 0 Å². The van der Waals surface area contributed by atoms with Crippen LogP contribution in [-0.2, 0) is 14.8 Å². The van der Waals surface area contributed by atoms with Crippen molar-refractivity contribution >= 4 is 32.3 Å². The van der Waals surface area contributed by atoms with Gasteiger partial charge in [0.25, 0.3) is 10.0 Å². The van der Waals surface area contributed by atoms with E-state index in [4.69, 9.17) is 4.74 Å². The average Bonchev–Trinajstić information content (AvgIpc) is 2.98. The van der Waals surface area contributed by atoms with Crippen LogP contribution in [0, 0.1) is 6.92 Å². The number of carbonyl (C=O) groups excluding carboxylic acids is 1. The van der Waals surface area contributed by atoms with Gasteiger partial charge < -0.3 is 9.72 Å². The second-order valence-corrected chi connectivity index (χ2v) is 6.91. The number of sulfonamides is 1. The lowest BCUT2D eigenvalue weighted by atomic mass is 10.3. The molecule has 0 amide bonds. The molecule has 0 unspecified atom stereocenters. The summed E-state index contributed by atoms with van der Waals surface area (Å²) < 4.78 is 31.6. The van der Waals surface area contributed by atoms with Crippen LogP contribution in [0.25, 0.3) is 0 Å². The first-order valence-corrected chi connectivity index (χ1v) is 8.17. The molecule has 2 aromatic heterocycles. The van der Waals surface area contributed by atoms with Gasteiger partial charge in [0.1, 0.15) is 9.90 Å². The fourth-order valence-corrected chi connectivity index (χ4v) is 3.80.